The lowest BCUT2D eigenvalue weighted by Gasteiger charge is -2.58. The minimum atomic E-state index is -0.152. The lowest BCUT2D eigenvalue weighted by atomic mass is 9.47. The Morgan fingerprint density at radius 2 is 2.08 bits per heavy atom. The van der Waals surface area contributed by atoms with Gasteiger partial charge in [-0.1, -0.05) is 37.1 Å². The molecule has 0 aliphatic heterocycles. The maximum absolute atomic E-state index is 11.0. The van der Waals surface area contributed by atoms with E-state index in [-0.39, 0.29) is 16.9 Å². The molecular weight excluding hydrogens is 322 g/mol. The second-order valence-electron chi connectivity index (χ2n) is 9.56. The summed E-state index contributed by atoms with van der Waals surface area (Å²) >= 11 is 0. The van der Waals surface area contributed by atoms with Gasteiger partial charge < -0.3 is 9.52 Å². The quantitative estimate of drug-likeness (QED) is 0.754. The van der Waals surface area contributed by atoms with E-state index in [0.717, 1.165) is 25.2 Å². The van der Waals surface area contributed by atoms with Crippen LogP contribution in [0.4, 0.5) is 0 Å². The van der Waals surface area contributed by atoms with Crippen LogP contribution in [0, 0.1) is 28.6 Å². The van der Waals surface area contributed by atoms with Gasteiger partial charge in [0.15, 0.2) is 5.89 Å². The largest absolute Gasteiger partial charge is 0.449 e. The van der Waals surface area contributed by atoms with E-state index in [1.54, 1.807) is 18.0 Å². The molecule has 3 heteroatoms. The molecule has 1 aromatic rings. The Balaban J connectivity index is 1.44. The molecule has 0 bridgehead atoms. The van der Waals surface area contributed by atoms with Crippen LogP contribution in [0.1, 0.15) is 64.7 Å². The molecule has 1 N–H and O–H groups in total. The molecule has 0 radical (unpaired) electrons. The van der Waals surface area contributed by atoms with Crippen LogP contribution in [0.5, 0.6) is 0 Å². The zero-order valence-corrected chi connectivity index (χ0v) is 16.1. The third-order valence-electron chi connectivity index (χ3n) is 8.72. The average molecular weight is 354 g/mol. The van der Waals surface area contributed by atoms with Crippen LogP contribution in [0.15, 0.2) is 40.2 Å². The van der Waals surface area contributed by atoms with Gasteiger partial charge in [0.05, 0.1) is 12.3 Å². The SMILES string of the molecule is C[C@]12CC[C@H]3[C@@H](CC=C4CCCC(O)[C@@]43C)[C@@H]1CC=C2Cc1ncco1. The van der Waals surface area contributed by atoms with E-state index in [4.69, 9.17) is 4.42 Å². The van der Waals surface area contributed by atoms with Crippen molar-refractivity contribution in [1.29, 1.82) is 0 Å². The fraction of sp³-hybridized carbons (Fsp3) is 0.696. The van der Waals surface area contributed by atoms with Crippen LogP contribution in [0.25, 0.3) is 0 Å². The van der Waals surface area contributed by atoms with Crippen LogP contribution in [0.2, 0.25) is 0 Å². The van der Waals surface area contributed by atoms with E-state index in [9.17, 15) is 5.11 Å². The van der Waals surface area contributed by atoms with Gasteiger partial charge in [-0.25, -0.2) is 4.98 Å². The summed E-state index contributed by atoms with van der Waals surface area (Å²) < 4.78 is 5.53. The first-order valence-corrected chi connectivity index (χ1v) is 10.5. The summed E-state index contributed by atoms with van der Waals surface area (Å²) in [5.74, 6) is 2.90. The molecule has 4 aliphatic rings. The summed E-state index contributed by atoms with van der Waals surface area (Å²) in [6, 6.07) is 0. The highest BCUT2D eigenvalue weighted by Gasteiger charge is 2.58. The number of aliphatic hydroxyl groups excluding tert-OH is 1. The third-order valence-corrected chi connectivity index (χ3v) is 8.72. The van der Waals surface area contributed by atoms with Crippen LogP contribution in [-0.2, 0) is 6.42 Å². The molecule has 2 saturated carbocycles. The molecule has 0 saturated heterocycles. The maximum Gasteiger partial charge on any atom is 0.198 e. The van der Waals surface area contributed by atoms with Gasteiger partial charge in [-0.2, -0.15) is 0 Å². The number of hydrogen-bond donors (Lipinski definition) is 1. The summed E-state index contributed by atoms with van der Waals surface area (Å²) in [5, 5.41) is 11.0. The Labute approximate surface area is 156 Å². The van der Waals surface area contributed by atoms with Gasteiger partial charge in [0, 0.05) is 11.8 Å². The standard InChI is InChI=1S/C23H31NO2/c1-22-11-10-19-17(8-6-15-4-3-5-20(25)23(15,19)2)18(22)9-7-16(22)14-21-24-12-13-26-21/h6-7,12-13,17-20,25H,3-5,8-11,14H2,1-2H3/t17-,18-,19-,20?,22+,23-/m0/s1. The zero-order chi connectivity index (χ0) is 17.9. The number of rotatable bonds is 2. The Bertz CT molecular complexity index is 748. The van der Waals surface area contributed by atoms with Crippen LogP contribution < -0.4 is 0 Å². The predicted octanol–water partition coefficient (Wildman–Crippen LogP) is 5.08. The fourth-order valence-corrected chi connectivity index (χ4v) is 7.15. The highest BCUT2D eigenvalue weighted by atomic mass is 16.3. The number of oxazole rings is 1. The Kier molecular flexibility index (Phi) is 3.76. The number of aromatic nitrogens is 1. The molecular formula is C23H31NO2. The highest BCUT2D eigenvalue weighted by Crippen LogP contribution is 2.65. The molecule has 2 fully saturated rings. The van der Waals surface area contributed by atoms with Gasteiger partial charge in [-0.3, -0.25) is 0 Å². The van der Waals surface area contributed by atoms with E-state index >= 15 is 0 Å². The second-order valence-corrected chi connectivity index (χ2v) is 9.56. The molecule has 5 rings (SSSR count). The minimum Gasteiger partial charge on any atom is -0.449 e. The number of fused-ring (bicyclic) bond motifs is 5. The van der Waals surface area contributed by atoms with E-state index in [2.05, 4.69) is 31.0 Å². The lowest BCUT2D eigenvalue weighted by Crippen LogP contribution is -2.53. The van der Waals surface area contributed by atoms with Gasteiger partial charge in [0.2, 0.25) is 0 Å². The molecule has 0 amide bonds. The van der Waals surface area contributed by atoms with Crippen molar-refractivity contribution in [3.8, 4) is 0 Å². The smallest absolute Gasteiger partial charge is 0.198 e. The van der Waals surface area contributed by atoms with Gasteiger partial charge in [0.25, 0.3) is 0 Å². The number of nitrogens with zero attached hydrogens (tertiary/aromatic N) is 1. The van der Waals surface area contributed by atoms with E-state index in [1.165, 1.54) is 37.7 Å². The summed E-state index contributed by atoms with van der Waals surface area (Å²) in [6.45, 7) is 4.85. The average Bonchev–Trinajstić information content (AvgIpc) is 3.25. The topological polar surface area (TPSA) is 46.3 Å². The van der Waals surface area contributed by atoms with Gasteiger partial charge in [-0.05, 0) is 68.1 Å². The summed E-state index contributed by atoms with van der Waals surface area (Å²) in [6.07, 6.45) is 17.3. The molecule has 0 spiro atoms. The number of allylic oxidation sites excluding steroid dienone is 3. The normalized spacial score (nSPS) is 44.6. The van der Waals surface area contributed by atoms with Gasteiger partial charge in [-0.15, -0.1) is 0 Å². The zero-order valence-electron chi connectivity index (χ0n) is 16.1. The van der Waals surface area contributed by atoms with Crippen LogP contribution >= 0.6 is 0 Å². The summed E-state index contributed by atoms with van der Waals surface area (Å²) in [5.41, 5.74) is 3.39. The minimum absolute atomic E-state index is 0.0216. The summed E-state index contributed by atoms with van der Waals surface area (Å²) in [7, 11) is 0. The fourth-order valence-electron chi connectivity index (χ4n) is 7.15. The lowest BCUT2D eigenvalue weighted by molar-refractivity contribution is -0.0779. The molecule has 0 aromatic carbocycles. The first-order valence-electron chi connectivity index (χ1n) is 10.5. The highest BCUT2D eigenvalue weighted by molar-refractivity contribution is 5.31. The molecule has 1 unspecified atom stereocenters. The predicted molar refractivity (Wildman–Crippen MR) is 101 cm³/mol. The van der Waals surface area contributed by atoms with Gasteiger partial charge >= 0.3 is 0 Å². The van der Waals surface area contributed by atoms with Crippen molar-refractivity contribution >= 4 is 0 Å². The molecule has 6 atom stereocenters. The number of aliphatic hydroxyl groups is 1. The Morgan fingerprint density at radius 1 is 1.19 bits per heavy atom. The molecule has 26 heavy (non-hydrogen) atoms. The van der Waals surface area contributed by atoms with Crippen LogP contribution in [-0.4, -0.2) is 16.2 Å². The van der Waals surface area contributed by atoms with E-state index in [1.807, 2.05) is 0 Å². The molecule has 1 heterocycles. The van der Waals surface area contributed by atoms with Crippen molar-refractivity contribution in [2.45, 2.75) is 71.3 Å². The van der Waals surface area contributed by atoms with Gasteiger partial charge in [0.1, 0.15) is 6.26 Å². The third kappa shape index (κ3) is 2.19. The second kappa shape index (κ2) is 5.82. The maximum atomic E-state index is 11.0. The molecule has 1 aromatic heterocycles. The first-order chi connectivity index (χ1) is 12.5. The summed E-state index contributed by atoms with van der Waals surface area (Å²) in [4.78, 5) is 4.35. The molecule has 3 nitrogen and oxygen atoms in total. The van der Waals surface area contributed by atoms with Crippen molar-refractivity contribution in [2.24, 2.45) is 28.6 Å². The van der Waals surface area contributed by atoms with Crippen molar-refractivity contribution in [1.82, 2.24) is 4.98 Å². The van der Waals surface area contributed by atoms with E-state index < -0.39 is 0 Å². The monoisotopic (exact) mass is 353 g/mol. The first kappa shape index (κ1) is 16.8. The Morgan fingerprint density at radius 3 is 2.88 bits per heavy atom. The van der Waals surface area contributed by atoms with Crippen molar-refractivity contribution in [3.63, 3.8) is 0 Å². The van der Waals surface area contributed by atoms with E-state index in [0.29, 0.717) is 17.8 Å². The van der Waals surface area contributed by atoms with Crippen molar-refractivity contribution in [2.75, 3.05) is 0 Å². The van der Waals surface area contributed by atoms with Crippen molar-refractivity contribution < 1.29 is 9.52 Å². The molecule has 140 valence electrons. The number of hydrogen-bond acceptors (Lipinski definition) is 3. The van der Waals surface area contributed by atoms with Crippen LogP contribution in [0.3, 0.4) is 0 Å². The van der Waals surface area contributed by atoms with Crippen molar-refractivity contribution in [3.05, 3.63) is 41.6 Å². The Hall–Kier alpha value is -1.35. The molecule has 4 aliphatic carbocycles.